The van der Waals surface area contributed by atoms with Crippen LogP contribution in [0.3, 0.4) is 0 Å². The van der Waals surface area contributed by atoms with E-state index in [1.807, 2.05) is 0 Å². The molecule has 0 aromatic rings. The Morgan fingerprint density at radius 3 is 2.25 bits per heavy atom. The Hall–Kier alpha value is -0.594. The molecule has 0 radical (unpaired) electrons. The van der Waals surface area contributed by atoms with E-state index in [1.54, 1.807) is 0 Å². The van der Waals surface area contributed by atoms with Crippen molar-refractivity contribution in [3.8, 4) is 0 Å². The van der Waals surface area contributed by atoms with E-state index in [1.165, 1.54) is 0 Å². The number of nitrogens with zero attached hydrogens (tertiary/aromatic N) is 1. The Balaban J connectivity index is 2.66. The van der Waals surface area contributed by atoms with Gasteiger partial charge in [0, 0.05) is 0 Å². The molecule has 0 atom stereocenters. The van der Waals surface area contributed by atoms with Crippen molar-refractivity contribution >= 4 is 11.8 Å². The number of aliphatic hydroxyl groups excluding tert-OH is 1. The van der Waals surface area contributed by atoms with E-state index in [2.05, 4.69) is 0 Å². The normalized spacial score (nSPS) is 18.8. The summed E-state index contributed by atoms with van der Waals surface area (Å²) >= 11 is -2.00. The first-order valence-electron chi connectivity index (χ1n) is 3.40. The minimum absolute atomic E-state index is 0.0233. The van der Waals surface area contributed by atoms with Crippen LogP contribution in [0.2, 0.25) is 5.36 Å². The zero-order valence-electron chi connectivity index (χ0n) is 6.28. The van der Waals surface area contributed by atoms with Crippen molar-refractivity contribution in [2.75, 3.05) is 6.61 Å². The number of hydrogen-bond acceptors (Lipinski definition) is 4. The molecule has 12 heavy (non-hydrogen) atoms. The van der Waals surface area contributed by atoms with Crippen molar-refractivity contribution < 1.29 is 32.4 Å². The van der Waals surface area contributed by atoms with Crippen LogP contribution in [-0.4, -0.2) is 27.5 Å². The van der Waals surface area contributed by atoms with Crippen molar-refractivity contribution in [1.29, 1.82) is 0 Å². The van der Waals surface area contributed by atoms with E-state index < -0.39 is 25.6 Å². The van der Waals surface area contributed by atoms with E-state index in [9.17, 15) is 13.5 Å². The molecule has 1 heterocycles. The second-order valence-electron chi connectivity index (χ2n) is 2.20. The number of amides is 2. The number of hydrogen-bond donors (Lipinski definition) is 1. The molecule has 0 bridgehead atoms. The molecular formula is C6H9CoNO4. The number of carbonyl (C=O) groups is 2. The summed E-state index contributed by atoms with van der Waals surface area (Å²) in [5, 5.41) is 8.41. The van der Waals surface area contributed by atoms with E-state index in [0.717, 1.165) is 3.95 Å². The molecule has 1 N–H and O–H groups in total. The Labute approximate surface area is 73.5 Å². The Bertz CT molecular complexity index is 224. The molecule has 0 spiro atoms. The second kappa shape index (κ2) is 3.88. The zero-order valence-corrected chi connectivity index (χ0v) is 7.32. The molecule has 5 nitrogen and oxygen atoms in total. The first kappa shape index (κ1) is 9.49. The summed E-state index contributed by atoms with van der Waals surface area (Å²) in [5.74, 6) is -0.790. The van der Waals surface area contributed by atoms with Gasteiger partial charge in [-0.2, -0.15) is 0 Å². The van der Waals surface area contributed by atoms with Gasteiger partial charge < -0.3 is 0 Å². The average Bonchev–Trinajstić information content (AvgIpc) is 2.32. The van der Waals surface area contributed by atoms with Gasteiger partial charge in [-0.05, 0) is 0 Å². The van der Waals surface area contributed by atoms with Crippen molar-refractivity contribution in [2.45, 2.75) is 18.2 Å². The molecule has 6 heteroatoms. The SMILES string of the molecule is O=C1CCC(=O)[N]1[Co](=[O])[CH2]CO. The molecule has 0 aliphatic carbocycles. The fourth-order valence-electron chi connectivity index (χ4n) is 0.863. The zero-order chi connectivity index (χ0) is 9.14. The maximum absolute atomic E-state index is 11.1. The monoisotopic (exact) mass is 218 g/mol. The van der Waals surface area contributed by atoms with Crippen LogP contribution in [0.1, 0.15) is 12.8 Å². The molecule has 0 unspecified atom stereocenters. The van der Waals surface area contributed by atoms with Gasteiger partial charge in [0.1, 0.15) is 0 Å². The van der Waals surface area contributed by atoms with Crippen molar-refractivity contribution in [2.24, 2.45) is 0 Å². The van der Waals surface area contributed by atoms with E-state index in [4.69, 9.17) is 5.11 Å². The molecule has 2 amide bonds. The summed E-state index contributed by atoms with van der Waals surface area (Å²) in [7, 11) is 0. The standard InChI is InChI=1S/C4H5NO2.C2H5O.Co.O/c6-3-1-2-4(7)5-3;1-2-3;;/h1-2H2,(H,5,6,7);3H,1-2H2;;/q;;+1;/p-1. The maximum atomic E-state index is 11.1. The topological polar surface area (TPSA) is 74.7 Å². The predicted molar refractivity (Wildman–Crippen MR) is 33.7 cm³/mol. The van der Waals surface area contributed by atoms with Gasteiger partial charge in [-0.25, -0.2) is 0 Å². The first-order chi connectivity index (χ1) is 5.66. The van der Waals surface area contributed by atoms with Gasteiger partial charge in [-0.3, -0.25) is 0 Å². The molecule has 1 aliphatic heterocycles. The number of imide groups is 1. The summed E-state index contributed by atoms with van der Waals surface area (Å²) in [6, 6.07) is 0. The van der Waals surface area contributed by atoms with Crippen LogP contribution < -0.4 is 0 Å². The van der Waals surface area contributed by atoms with Gasteiger partial charge in [-0.15, -0.1) is 0 Å². The van der Waals surface area contributed by atoms with Gasteiger partial charge in [0.25, 0.3) is 0 Å². The summed E-state index contributed by atoms with van der Waals surface area (Å²) in [6.45, 7) is -0.273. The van der Waals surface area contributed by atoms with Gasteiger partial charge in [0.05, 0.1) is 0 Å². The number of carbonyl (C=O) groups excluding carboxylic acids is 2. The van der Waals surface area contributed by atoms with Crippen LogP contribution in [0.4, 0.5) is 0 Å². The van der Waals surface area contributed by atoms with Crippen LogP contribution in [0.25, 0.3) is 0 Å². The summed E-state index contributed by atoms with van der Waals surface area (Å²) in [5.41, 5.74) is 0. The van der Waals surface area contributed by atoms with Crippen LogP contribution in [-0.2, 0) is 27.3 Å². The van der Waals surface area contributed by atoms with Gasteiger partial charge in [-0.1, -0.05) is 0 Å². The van der Waals surface area contributed by atoms with Crippen LogP contribution in [0, 0.1) is 0 Å². The Kier molecular flexibility index (Phi) is 3.07. The third-order valence-electron chi connectivity index (χ3n) is 1.35. The third kappa shape index (κ3) is 1.77. The third-order valence-corrected chi connectivity index (χ3v) is 3.07. The Morgan fingerprint density at radius 1 is 1.33 bits per heavy atom. The molecule has 1 rings (SSSR count). The molecule has 71 valence electrons. The van der Waals surface area contributed by atoms with Crippen molar-refractivity contribution in [1.82, 2.24) is 3.95 Å². The Morgan fingerprint density at radius 2 is 1.83 bits per heavy atom. The molecule has 1 aliphatic rings. The van der Waals surface area contributed by atoms with E-state index >= 15 is 0 Å². The fraction of sp³-hybridized carbons (Fsp3) is 0.667. The van der Waals surface area contributed by atoms with Crippen molar-refractivity contribution in [3.63, 3.8) is 0 Å². The van der Waals surface area contributed by atoms with E-state index in [-0.39, 0.29) is 24.8 Å². The molecular weight excluding hydrogens is 209 g/mol. The number of aliphatic hydroxyl groups is 1. The quantitative estimate of drug-likeness (QED) is 0.643. The van der Waals surface area contributed by atoms with Gasteiger partial charge in [0.2, 0.25) is 0 Å². The van der Waals surface area contributed by atoms with Crippen molar-refractivity contribution in [3.05, 3.63) is 0 Å². The molecule has 0 aromatic heterocycles. The van der Waals surface area contributed by atoms with Crippen LogP contribution >= 0.6 is 0 Å². The fourth-order valence-corrected chi connectivity index (χ4v) is 2.11. The van der Waals surface area contributed by atoms with E-state index in [0.29, 0.717) is 0 Å². The van der Waals surface area contributed by atoms with Gasteiger partial charge >= 0.3 is 72.9 Å². The average molecular weight is 218 g/mol. The minimum atomic E-state index is -2.00. The summed E-state index contributed by atoms with van der Waals surface area (Å²) in [4.78, 5) is 21.9. The van der Waals surface area contributed by atoms with Crippen LogP contribution in [0.5, 0.6) is 0 Å². The second-order valence-corrected chi connectivity index (χ2v) is 4.01. The molecule has 1 saturated heterocycles. The molecule has 0 aromatic carbocycles. The predicted octanol–water partition coefficient (Wildman–Crippen LogP) is -0.575. The molecule has 0 saturated carbocycles. The first-order valence-corrected chi connectivity index (χ1v) is 5.03. The van der Waals surface area contributed by atoms with Gasteiger partial charge in [0.15, 0.2) is 0 Å². The van der Waals surface area contributed by atoms with Crippen LogP contribution in [0.15, 0.2) is 0 Å². The molecule has 1 fully saturated rings. The summed E-state index contributed by atoms with van der Waals surface area (Å²) in [6.07, 6.45) is 0.287. The summed E-state index contributed by atoms with van der Waals surface area (Å²) < 4.78 is 11.9. The number of rotatable bonds is 3.